The molecule has 0 aliphatic carbocycles. The van der Waals surface area contributed by atoms with E-state index >= 15 is 0 Å². The minimum atomic E-state index is 0.892. The number of nitrogens with zero attached hydrogens (tertiary/aromatic N) is 1. The zero-order chi connectivity index (χ0) is 24.2. The number of hydrogen-bond acceptors (Lipinski definition) is 1. The summed E-state index contributed by atoms with van der Waals surface area (Å²) >= 11 is 0. The Morgan fingerprint density at radius 2 is 0.636 bits per heavy atom. The molecule has 0 aromatic heterocycles. The lowest BCUT2D eigenvalue weighted by atomic mass is 10.0. The van der Waals surface area contributed by atoms with Gasteiger partial charge in [0.25, 0.3) is 0 Å². The van der Waals surface area contributed by atoms with Crippen molar-refractivity contribution in [2.75, 3.05) is 19.6 Å². The average Bonchev–Trinajstić information content (AvgIpc) is 2.80. The summed E-state index contributed by atoms with van der Waals surface area (Å²) in [6.45, 7) is 13.4. The standard InChI is InChI=1S/C32H67N/c1-5-7-9-11-21-25-29-33(30-26-22-12-10-8-6-2)31-27-23-19-17-15-13-14-16-18-20-24-28-32(3)4/h32H,5-31H2,1-4H3. The van der Waals surface area contributed by atoms with Gasteiger partial charge in [0, 0.05) is 0 Å². The van der Waals surface area contributed by atoms with Crippen molar-refractivity contribution < 1.29 is 0 Å². The first kappa shape index (κ1) is 33.0. The van der Waals surface area contributed by atoms with Crippen molar-refractivity contribution in [3.63, 3.8) is 0 Å². The van der Waals surface area contributed by atoms with Gasteiger partial charge in [-0.2, -0.15) is 0 Å². The molecule has 0 rings (SSSR count). The fraction of sp³-hybridized carbons (Fsp3) is 1.00. The maximum atomic E-state index is 2.82. The van der Waals surface area contributed by atoms with E-state index in [-0.39, 0.29) is 0 Å². The van der Waals surface area contributed by atoms with Crippen molar-refractivity contribution in [1.29, 1.82) is 0 Å². The molecule has 0 radical (unpaired) electrons. The molecule has 1 heteroatoms. The highest BCUT2D eigenvalue weighted by atomic mass is 15.1. The van der Waals surface area contributed by atoms with Crippen molar-refractivity contribution in [1.82, 2.24) is 4.90 Å². The largest absolute Gasteiger partial charge is 0.303 e. The summed E-state index contributed by atoms with van der Waals surface area (Å²) in [5.41, 5.74) is 0. The van der Waals surface area contributed by atoms with E-state index in [1.165, 1.54) is 174 Å². The molecule has 0 aromatic carbocycles. The Hall–Kier alpha value is -0.0400. The third kappa shape index (κ3) is 28.1. The van der Waals surface area contributed by atoms with Gasteiger partial charge in [-0.05, 0) is 44.8 Å². The van der Waals surface area contributed by atoms with Gasteiger partial charge in [0.15, 0.2) is 0 Å². The van der Waals surface area contributed by atoms with Crippen molar-refractivity contribution in [2.24, 2.45) is 5.92 Å². The summed E-state index contributed by atoms with van der Waals surface area (Å²) in [5, 5.41) is 0. The first-order valence-electron chi connectivity index (χ1n) is 15.9. The van der Waals surface area contributed by atoms with E-state index in [2.05, 4.69) is 32.6 Å². The Morgan fingerprint density at radius 1 is 0.364 bits per heavy atom. The molecular formula is C32H67N. The molecule has 0 saturated heterocycles. The van der Waals surface area contributed by atoms with Gasteiger partial charge in [-0.3, -0.25) is 0 Å². The fourth-order valence-electron chi connectivity index (χ4n) is 5.05. The molecule has 0 saturated carbocycles. The molecular weight excluding hydrogens is 398 g/mol. The summed E-state index contributed by atoms with van der Waals surface area (Å²) in [7, 11) is 0. The SMILES string of the molecule is CCCCCCCCN(CCCCCCCC)CCCCCCCCCCCCCC(C)C. The normalized spacial score (nSPS) is 11.8. The zero-order valence-corrected chi connectivity index (χ0v) is 24.1. The molecule has 33 heavy (non-hydrogen) atoms. The summed E-state index contributed by atoms with van der Waals surface area (Å²) in [4.78, 5) is 2.82. The zero-order valence-electron chi connectivity index (χ0n) is 24.1. The Bertz CT molecular complexity index is 321. The fourth-order valence-corrected chi connectivity index (χ4v) is 5.05. The van der Waals surface area contributed by atoms with Gasteiger partial charge in [0.05, 0.1) is 0 Å². The van der Waals surface area contributed by atoms with Gasteiger partial charge in [-0.1, -0.05) is 163 Å². The molecule has 1 nitrogen and oxygen atoms in total. The maximum Gasteiger partial charge on any atom is -0.00187 e. The number of hydrogen-bond donors (Lipinski definition) is 0. The van der Waals surface area contributed by atoms with E-state index in [4.69, 9.17) is 0 Å². The van der Waals surface area contributed by atoms with E-state index < -0.39 is 0 Å². The van der Waals surface area contributed by atoms with Crippen LogP contribution in [0.5, 0.6) is 0 Å². The third-order valence-electron chi connectivity index (χ3n) is 7.41. The molecule has 0 N–H and O–H groups in total. The molecule has 0 fully saturated rings. The molecule has 0 spiro atoms. The second-order valence-corrected chi connectivity index (χ2v) is 11.4. The molecule has 0 aliphatic heterocycles. The van der Waals surface area contributed by atoms with Crippen LogP contribution in [0.3, 0.4) is 0 Å². The molecule has 0 aliphatic rings. The molecule has 0 amide bonds. The van der Waals surface area contributed by atoms with Crippen LogP contribution in [-0.4, -0.2) is 24.5 Å². The van der Waals surface area contributed by atoms with E-state index in [9.17, 15) is 0 Å². The highest BCUT2D eigenvalue weighted by Gasteiger charge is 2.05. The van der Waals surface area contributed by atoms with Gasteiger partial charge >= 0.3 is 0 Å². The van der Waals surface area contributed by atoms with Crippen LogP contribution in [0.4, 0.5) is 0 Å². The average molecular weight is 466 g/mol. The molecule has 0 bridgehead atoms. The lowest BCUT2D eigenvalue weighted by Crippen LogP contribution is -2.27. The molecule has 0 unspecified atom stereocenters. The van der Waals surface area contributed by atoms with Crippen molar-refractivity contribution >= 4 is 0 Å². The monoisotopic (exact) mass is 466 g/mol. The van der Waals surface area contributed by atoms with Crippen molar-refractivity contribution in [3.05, 3.63) is 0 Å². The van der Waals surface area contributed by atoms with Crippen LogP contribution in [0.1, 0.15) is 182 Å². The quantitative estimate of drug-likeness (QED) is 0.104. The van der Waals surface area contributed by atoms with Crippen LogP contribution in [-0.2, 0) is 0 Å². The van der Waals surface area contributed by atoms with Crippen LogP contribution in [0, 0.1) is 5.92 Å². The van der Waals surface area contributed by atoms with Crippen LogP contribution in [0.2, 0.25) is 0 Å². The van der Waals surface area contributed by atoms with Crippen LogP contribution >= 0.6 is 0 Å². The minimum absolute atomic E-state index is 0.892. The Morgan fingerprint density at radius 3 is 0.939 bits per heavy atom. The summed E-state index contributed by atoms with van der Waals surface area (Å²) in [6.07, 6.45) is 34.7. The predicted molar refractivity (Wildman–Crippen MR) is 153 cm³/mol. The van der Waals surface area contributed by atoms with Gasteiger partial charge in [-0.25, -0.2) is 0 Å². The Balaban J connectivity index is 3.68. The van der Waals surface area contributed by atoms with Crippen LogP contribution in [0.15, 0.2) is 0 Å². The van der Waals surface area contributed by atoms with E-state index in [1.54, 1.807) is 0 Å². The molecule has 0 heterocycles. The Labute approximate surface area is 212 Å². The van der Waals surface area contributed by atoms with Crippen molar-refractivity contribution in [3.8, 4) is 0 Å². The smallest absolute Gasteiger partial charge is 0.00187 e. The first-order valence-corrected chi connectivity index (χ1v) is 15.9. The highest BCUT2D eigenvalue weighted by Crippen LogP contribution is 2.14. The predicted octanol–water partition coefficient (Wildman–Crippen LogP) is 11.3. The summed E-state index contributed by atoms with van der Waals surface area (Å²) in [6, 6.07) is 0. The second kappa shape index (κ2) is 28.2. The minimum Gasteiger partial charge on any atom is -0.303 e. The lowest BCUT2D eigenvalue weighted by Gasteiger charge is -2.22. The summed E-state index contributed by atoms with van der Waals surface area (Å²) < 4.78 is 0. The lowest BCUT2D eigenvalue weighted by molar-refractivity contribution is 0.254. The van der Waals surface area contributed by atoms with E-state index in [0.29, 0.717) is 0 Å². The molecule has 0 aromatic rings. The molecule has 0 atom stereocenters. The topological polar surface area (TPSA) is 3.24 Å². The summed E-state index contributed by atoms with van der Waals surface area (Å²) in [5.74, 6) is 0.892. The third-order valence-corrected chi connectivity index (χ3v) is 7.41. The molecule has 200 valence electrons. The van der Waals surface area contributed by atoms with Gasteiger partial charge in [0.1, 0.15) is 0 Å². The van der Waals surface area contributed by atoms with E-state index in [0.717, 1.165) is 5.92 Å². The van der Waals surface area contributed by atoms with Crippen molar-refractivity contribution in [2.45, 2.75) is 182 Å². The highest BCUT2D eigenvalue weighted by molar-refractivity contribution is 4.60. The maximum absolute atomic E-state index is 2.82. The second-order valence-electron chi connectivity index (χ2n) is 11.4. The van der Waals surface area contributed by atoms with Gasteiger partial charge in [-0.15, -0.1) is 0 Å². The first-order chi connectivity index (χ1) is 16.2. The van der Waals surface area contributed by atoms with Gasteiger partial charge < -0.3 is 4.90 Å². The number of rotatable bonds is 28. The Kier molecular flexibility index (Phi) is 28.2. The van der Waals surface area contributed by atoms with Gasteiger partial charge in [0.2, 0.25) is 0 Å². The van der Waals surface area contributed by atoms with E-state index in [1.807, 2.05) is 0 Å². The van der Waals surface area contributed by atoms with Crippen LogP contribution in [0.25, 0.3) is 0 Å². The van der Waals surface area contributed by atoms with Crippen LogP contribution < -0.4 is 0 Å². The number of unbranched alkanes of at least 4 members (excludes halogenated alkanes) is 20.